The lowest BCUT2D eigenvalue weighted by Gasteiger charge is -2.15. The molecule has 18 heavy (non-hydrogen) atoms. The topological polar surface area (TPSA) is 29.1 Å². The minimum absolute atomic E-state index is 0.192. The van der Waals surface area contributed by atoms with E-state index in [1.54, 1.807) is 0 Å². The third-order valence-electron chi connectivity index (χ3n) is 3.65. The molecule has 0 aromatic heterocycles. The number of hydrogen-bond donors (Lipinski definition) is 1. The SMILES string of the molecule is CC(CC(=O)NC1CCCC1)c1ccc(Br)cc1. The Bertz CT molecular complexity index is 395. The molecular formula is C15H20BrNO. The maximum atomic E-state index is 11.9. The molecule has 0 bridgehead atoms. The summed E-state index contributed by atoms with van der Waals surface area (Å²) >= 11 is 3.42. The van der Waals surface area contributed by atoms with Crippen LogP contribution in [0.25, 0.3) is 0 Å². The Labute approximate surface area is 117 Å². The standard InChI is InChI=1S/C15H20BrNO/c1-11(12-6-8-13(16)9-7-12)10-15(18)17-14-4-2-3-5-14/h6-9,11,14H,2-5,10H2,1H3,(H,17,18). The molecule has 1 amide bonds. The van der Waals surface area contributed by atoms with E-state index >= 15 is 0 Å². The first-order valence-electron chi connectivity index (χ1n) is 6.70. The second-order valence-corrected chi connectivity index (χ2v) is 6.12. The van der Waals surface area contributed by atoms with Crippen LogP contribution in [0.2, 0.25) is 0 Å². The molecule has 1 aromatic rings. The molecule has 1 fully saturated rings. The van der Waals surface area contributed by atoms with E-state index in [2.05, 4.69) is 40.3 Å². The van der Waals surface area contributed by atoms with Crippen LogP contribution in [-0.4, -0.2) is 11.9 Å². The molecule has 0 radical (unpaired) electrons. The Balaban J connectivity index is 1.84. The fourth-order valence-electron chi connectivity index (χ4n) is 2.54. The monoisotopic (exact) mass is 309 g/mol. The molecule has 1 aliphatic rings. The van der Waals surface area contributed by atoms with E-state index in [1.165, 1.54) is 18.4 Å². The van der Waals surface area contributed by atoms with Gasteiger partial charge in [0.15, 0.2) is 0 Å². The summed E-state index contributed by atoms with van der Waals surface area (Å²) in [6, 6.07) is 8.64. The van der Waals surface area contributed by atoms with Crippen LogP contribution in [0.3, 0.4) is 0 Å². The molecule has 2 nitrogen and oxygen atoms in total. The van der Waals surface area contributed by atoms with E-state index in [0.29, 0.717) is 12.5 Å². The highest BCUT2D eigenvalue weighted by molar-refractivity contribution is 9.10. The van der Waals surface area contributed by atoms with Crippen molar-refractivity contribution in [2.45, 2.75) is 51.0 Å². The number of rotatable bonds is 4. The van der Waals surface area contributed by atoms with E-state index in [0.717, 1.165) is 17.3 Å². The fraction of sp³-hybridized carbons (Fsp3) is 0.533. The summed E-state index contributed by atoms with van der Waals surface area (Å²) in [4.78, 5) is 11.9. The average molecular weight is 310 g/mol. The molecule has 1 aliphatic carbocycles. The van der Waals surface area contributed by atoms with Gasteiger partial charge in [-0.3, -0.25) is 4.79 Å². The molecule has 98 valence electrons. The Morgan fingerprint density at radius 3 is 2.56 bits per heavy atom. The van der Waals surface area contributed by atoms with Crippen LogP contribution in [0.1, 0.15) is 50.5 Å². The number of halogens is 1. The van der Waals surface area contributed by atoms with Gasteiger partial charge >= 0.3 is 0 Å². The fourth-order valence-corrected chi connectivity index (χ4v) is 2.81. The lowest BCUT2D eigenvalue weighted by atomic mass is 9.97. The molecule has 0 aliphatic heterocycles. The Morgan fingerprint density at radius 1 is 1.33 bits per heavy atom. The van der Waals surface area contributed by atoms with Gasteiger partial charge in [-0.15, -0.1) is 0 Å². The summed E-state index contributed by atoms with van der Waals surface area (Å²) in [6.45, 7) is 2.11. The summed E-state index contributed by atoms with van der Waals surface area (Å²) in [6.07, 6.45) is 5.40. The predicted octanol–water partition coefficient (Wildman–Crippen LogP) is 4.00. The normalized spacial score (nSPS) is 17.7. The number of hydrogen-bond acceptors (Lipinski definition) is 1. The second-order valence-electron chi connectivity index (χ2n) is 5.21. The van der Waals surface area contributed by atoms with Crippen molar-refractivity contribution in [2.24, 2.45) is 0 Å². The van der Waals surface area contributed by atoms with E-state index in [9.17, 15) is 4.79 Å². The summed E-state index contributed by atoms with van der Waals surface area (Å²) in [5.41, 5.74) is 1.22. The molecule has 0 saturated heterocycles. The maximum Gasteiger partial charge on any atom is 0.220 e. The lowest BCUT2D eigenvalue weighted by molar-refractivity contribution is -0.122. The van der Waals surface area contributed by atoms with Crippen molar-refractivity contribution in [3.8, 4) is 0 Å². The Morgan fingerprint density at radius 2 is 1.94 bits per heavy atom. The minimum Gasteiger partial charge on any atom is -0.353 e. The van der Waals surface area contributed by atoms with Crippen molar-refractivity contribution < 1.29 is 4.79 Å². The highest BCUT2D eigenvalue weighted by Crippen LogP contribution is 2.22. The van der Waals surface area contributed by atoms with Crippen molar-refractivity contribution in [1.82, 2.24) is 5.32 Å². The van der Waals surface area contributed by atoms with E-state index in [4.69, 9.17) is 0 Å². The zero-order valence-corrected chi connectivity index (χ0v) is 12.4. The first-order valence-corrected chi connectivity index (χ1v) is 7.49. The van der Waals surface area contributed by atoms with Crippen LogP contribution in [0.4, 0.5) is 0 Å². The second kappa shape index (κ2) is 6.37. The van der Waals surface area contributed by atoms with Crippen LogP contribution < -0.4 is 5.32 Å². The van der Waals surface area contributed by atoms with Gasteiger partial charge in [0, 0.05) is 16.9 Å². The van der Waals surface area contributed by atoms with Crippen molar-refractivity contribution in [3.63, 3.8) is 0 Å². The molecule has 3 heteroatoms. The van der Waals surface area contributed by atoms with Crippen LogP contribution in [0, 0.1) is 0 Å². The van der Waals surface area contributed by atoms with Gasteiger partial charge in [-0.2, -0.15) is 0 Å². The molecule has 0 spiro atoms. The Hall–Kier alpha value is -0.830. The molecule has 1 aromatic carbocycles. The number of carbonyl (C=O) groups is 1. The van der Waals surface area contributed by atoms with Crippen LogP contribution >= 0.6 is 15.9 Å². The van der Waals surface area contributed by atoms with Crippen molar-refractivity contribution in [2.75, 3.05) is 0 Å². The largest absolute Gasteiger partial charge is 0.353 e. The Kier molecular flexibility index (Phi) is 4.81. The van der Waals surface area contributed by atoms with Crippen LogP contribution in [-0.2, 0) is 4.79 Å². The summed E-state index contributed by atoms with van der Waals surface area (Å²) < 4.78 is 1.08. The zero-order valence-electron chi connectivity index (χ0n) is 10.8. The molecule has 1 atom stereocenters. The molecular weight excluding hydrogens is 290 g/mol. The zero-order chi connectivity index (χ0) is 13.0. The van der Waals surface area contributed by atoms with Gasteiger partial charge in [-0.25, -0.2) is 0 Å². The molecule has 1 unspecified atom stereocenters. The minimum atomic E-state index is 0.192. The summed E-state index contributed by atoms with van der Waals surface area (Å²) in [5.74, 6) is 0.469. The van der Waals surface area contributed by atoms with Gasteiger partial charge in [-0.05, 0) is 36.5 Å². The number of nitrogens with one attached hydrogen (secondary N) is 1. The van der Waals surface area contributed by atoms with Crippen LogP contribution in [0.15, 0.2) is 28.7 Å². The van der Waals surface area contributed by atoms with Gasteiger partial charge in [0.1, 0.15) is 0 Å². The highest BCUT2D eigenvalue weighted by Gasteiger charge is 2.18. The van der Waals surface area contributed by atoms with Gasteiger partial charge < -0.3 is 5.32 Å². The van der Waals surface area contributed by atoms with Gasteiger partial charge in [0.2, 0.25) is 5.91 Å². The highest BCUT2D eigenvalue weighted by atomic mass is 79.9. The first kappa shape index (κ1) is 13.6. The third-order valence-corrected chi connectivity index (χ3v) is 4.18. The number of benzene rings is 1. The summed E-state index contributed by atoms with van der Waals surface area (Å²) in [5, 5.41) is 3.14. The number of carbonyl (C=O) groups excluding carboxylic acids is 1. The van der Waals surface area contributed by atoms with Crippen LogP contribution in [0.5, 0.6) is 0 Å². The molecule has 2 rings (SSSR count). The molecule has 0 heterocycles. The van der Waals surface area contributed by atoms with Crippen molar-refractivity contribution in [3.05, 3.63) is 34.3 Å². The van der Waals surface area contributed by atoms with Gasteiger partial charge in [-0.1, -0.05) is 47.8 Å². The average Bonchev–Trinajstić information content (AvgIpc) is 2.82. The molecule has 1 saturated carbocycles. The summed E-state index contributed by atoms with van der Waals surface area (Å²) in [7, 11) is 0. The van der Waals surface area contributed by atoms with Crippen molar-refractivity contribution in [1.29, 1.82) is 0 Å². The van der Waals surface area contributed by atoms with E-state index in [-0.39, 0.29) is 11.8 Å². The van der Waals surface area contributed by atoms with Gasteiger partial charge in [0.25, 0.3) is 0 Å². The van der Waals surface area contributed by atoms with E-state index in [1.807, 2.05) is 12.1 Å². The van der Waals surface area contributed by atoms with Crippen molar-refractivity contribution >= 4 is 21.8 Å². The number of amides is 1. The third kappa shape index (κ3) is 3.84. The van der Waals surface area contributed by atoms with Gasteiger partial charge in [0.05, 0.1) is 0 Å². The molecule has 1 N–H and O–H groups in total. The quantitative estimate of drug-likeness (QED) is 0.895. The maximum absolute atomic E-state index is 11.9. The van der Waals surface area contributed by atoms with E-state index < -0.39 is 0 Å². The lowest BCUT2D eigenvalue weighted by Crippen LogP contribution is -2.33. The predicted molar refractivity (Wildman–Crippen MR) is 77.6 cm³/mol. The first-order chi connectivity index (χ1) is 8.65. The smallest absolute Gasteiger partial charge is 0.220 e.